The van der Waals surface area contributed by atoms with Crippen LogP contribution < -0.4 is 14.8 Å². The van der Waals surface area contributed by atoms with E-state index >= 15 is 0 Å². The lowest BCUT2D eigenvalue weighted by Gasteiger charge is -2.08. The molecule has 5 heteroatoms. The number of hydrogen-bond donors (Lipinski definition) is 1. The molecule has 1 amide bonds. The monoisotopic (exact) mass is 319 g/mol. The molecule has 2 aromatic rings. The summed E-state index contributed by atoms with van der Waals surface area (Å²) in [6.07, 6.45) is 0. The number of carbonyl (C=O) groups excluding carboxylic acids is 1. The first kappa shape index (κ1) is 12.0. The van der Waals surface area contributed by atoms with Gasteiger partial charge in [0.15, 0.2) is 11.5 Å². The Bertz CT molecular complexity index is 642. The van der Waals surface area contributed by atoms with E-state index in [2.05, 4.69) is 21.2 Å². The molecule has 0 radical (unpaired) electrons. The highest BCUT2D eigenvalue weighted by Crippen LogP contribution is 2.35. The number of hydrogen-bond acceptors (Lipinski definition) is 3. The summed E-state index contributed by atoms with van der Waals surface area (Å²) in [5, 5.41) is 2.83. The predicted octanol–water partition coefficient (Wildman–Crippen LogP) is 3.43. The van der Waals surface area contributed by atoms with Crippen molar-refractivity contribution >= 4 is 27.5 Å². The van der Waals surface area contributed by atoms with Crippen LogP contribution in [0, 0.1) is 0 Å². The van der Waals surface area contributed by atoms with Crippen molar-refractivity contribution < 1.29 is 14.3 Å². The van der Waals surface area contributed by atoms with Crippen molar-refractivity contribution in [2.45, 2.75) is 0 Å². The van der Waals surface area contributed by atoms with Crippen molar-refractivity contribution in [2.75, 3.05) is 12.1 Å². The Kier molecular flexibility index (Phi) is 3.13. The van der Waals surface area contributed by atoms with Crippen molar-refractivity contribution in [1.29, 1.82) is 0 Å². The number of ether oxygens (including phenoxy) is 2. The summed E-state index contributed by atoms with van der Waals surface area (Å²) in [5.74, 6) is 0.862. The molecule has 0 bridgehead atoms. The van der Waals surface area contributed by atoms with Crippen molar-refractivity contribution in [3.05, 3.63) is 52.5 Å². The van der Waals surface area contributed by atoms with Gasteiger partial charge in [0.1, 0.15) is 0 Å². The molecular weight excluding hydrogens is 310 g/mol. The zero-order chi connectivity index (χ0) is 13.2. The van der Waals surface area contributed by atoms with Crippen LogP contribution in [0.25, 0.3) is 0 Å². The predicted molar refractivity (Wildman–Crippen MR) is 74.7 cm³/mol. The average molecular weight is 320 g/mol. The third kappa shape index (κ3) is 2.29. The topological polar surface area (TPSA) is 47.6 Å². The standard InChI is InChI=1S/C14H10BrNO3/c15-10-5-1-2-6-11(10)16-14(17)9-4-3-7-12-13(9)19-8-18-12/h1-7H,8H2,(H,16,17). The molecule has 0 spiro atoms. The molecule has 0 saturated heterocycles. The molecule has 1 aliphatic heterocycles. The van der Waals surface area contributed by atoms with E-state index in [1.54, 1.807) is 18.2 Å². The molecule has 1 N–H and O–H groups in total. The summed E-state index contributed by atoms with van der Waals surface area (Å²) >= 11 is 3.39. The number of fused-ring (bicyclic) bond motifs is 1. The van der Waals surface area contributed by atoms with E-state index in [9.17, 15) is 4.79 Å². The van der Waals surface area contributed by atoms with Crippen molar-refractivity contribution in [3.8, 4) is 11.5 Å². The van der Waals surface area contributed by atoms with Crippen LogP contribution in [-0.2, 0) is 0 Å². The van der Waals surface area contributed by atoms with Crippen molar-refractivity contribution in [2.24, 2.45) is 0 Å². The van der Waals surface area contributed by atoms with Gasteiger partial charge >= 0.3 is 0 Å². The molecule has 4 nitrogen and oxygen atoms in total. The van der Waals surface area contributed by atoms with Gasteiger partial charge in [0.05, 0.1) is 11.3 Å². The number of benzene rings is 2. The van der Waals surface area contributed by atoms with Crippen LogP contribution in [0.1, 0.15) is 10.4 Å². The number of para-hydroxylation sites is 2. The van der Waals surface area contributed by atoms with Gasteiger partial charge in [0.25, 0.3) is 5.91 Å². The van der Waals surface area contributed by atoms with Crippen LogP contribution in [0.2, 0.25) is 0 Å². The Morgan fingerprint density at radius 3 is 2.79 bits per heavy atom. The summed E-state index contributed by atoms with van der Waals surface area (Å²) in [7, 11) is 0. The number of anilines is 1. The maximum absolute atomic E-state index is 12.3. The maximum atomic E-state index is 12.3. The largest absolute Gasteiger partial charge is 0.454 e. The summed E-state index contributed by atoms with van der Waals surface area (Å²) in [4.78, 5) is 12.3. The summed E-state index contributed by atoms with van der Waals surface area (Å²) in [5.41, 5.74) is 1.18. The Morgan fingerprint density at radius 1 is 1.11 bits per heavy atom. The second-order valence-corrected chi connectivity index (χ2v) is 4.83. The molecule has 0 saturated carbocycles. The number of carbonyl (C=O) groups is 1. The summed E-state index contributed by atoms with van der Waals surface area (Å²) in [6.45, 7) is 0.147. The van der Waals surface area contributed by atoms with Gasteiger partial charge < -0.3 is 14.8 Å². The molecule has 0 fully saturated rings. The first-order valence-corrected chi connectivity index (χ1v) is 6.49. The maximum Gasteiger partial charge on any atom is 0.259 e. The normalized spacial score (nSPS) is 12.3. The van der Waals surface area contributed by atoms with E-state index in [1.807, 2.05) is 24.3 Å². The highest BCUT2D eigenvalue weighted by atomic mass is 79.9. The van der Waals surface area contributed by atoms with E-state index in [0.29, 0.717) is 22.7 Å². The highest BCUT2D eigenvalue weighted by molar-refractivity contribution is 9.10. The van der Waals surface area contributed by atoms with Crippen LogP contribution >= 0.6 is 15.9 Å². The molecule has 0 unspecified atom stereocenters. The van der Waals surface area contributed by atoms with Crippen LogP contribution in [-0.4, -0.2) is 12.7 Å². The Hall–Kier alpha value is -2.01. The Labute approximate surface area is 118 Å². The van der Waals surface area contributed by atoms with Crippen LogP contribution in [0.4, 0.5) is 5.69 Å². The molecule has 0 atom stereocenters. The molecule has 1 heterocycles. The van der Waals surface area contributed by atoms with Gasteiger partial charge in [0, 0.05) is 4.47 Å². The number of rotatable bonds is 2. The second-order valence-electron chi connectivity index (χ2n) is 3.97. The van der Waals surface area contributed by atoms with Gasteiger partial charge in [0.2, 0.25) is 6.79 Å². The fourth-order valence-corrected chi connectivity index (χ4v) is 2.25. The van der Waals surface area contributed by atoms with Gasteiger partial charge in [-0.25, -0.2) is 0 Å². The smallest absolute Gasteiger partial charge is 0.259 e. The minimum Gasteiger partial charge on any atom is -0.454 e. The first-order chi connectivity index (χ1) is 9.25. The molecule has 19 heavy (non-hydrogen) atoms. The van der Waals surface area contributed by atoms with Gasteiger partial charge in [-0.15, -0.1) is 0 Å². The van der Waals surface area contributed by atoms with E-state index in [4.69, 9.17) is 9.47 Å². The van der Waals surface area contributed by atoms with E-state index < -0.39 is 0 Å². The summed E-state index contributed by atoms with van der Waals surface area (Å²) < 4.78 is 11.4. The van der Waals surface area contributed by atoms with E-state index in [0.717, 1.165) is 4.47 Å². The molecule has 1 aliphatic rings. The quantitative estimate of drug-likeness (QED) is 0.922. The zero-order valence-electron chi connectivity index (χ0n) is 9.85. The first-order valence-electron chi connectivity index (χ1n) is 5.70. The molecule has 96 valence electrons. The molecule has 0 aliphatic carbocycles. The van der Waals surface area contributed by atoms with Crippen LogP contribution in [0.5, 0.6) is 11.5 Å². The zero-order valence-corrected chi connectivity index (χ0v) is 11.4. The number of halogens is 1. The fourth-order valence-electron chi connectivity index (χ4n) is 1.86. The molecule has 2 aromatic carbocycles. The molecular formula is C14H10BrNO3. The highest BCUT2D eigenvalue weighted by Gasteiger charge is 2.21. The van der Waals surface area contributed by atoms with Gasteiger partial charge in [-0.3, -0.25) is 4.79 Å². The van der Waals surface area contributed by atoms with Crippen LogP contribution in [0.15, 0.2) is 46.9 Å². The molecule has 3 rings (SSSR count). The fraction of sp³-hybridized carbons (Fsp3) is 0.0714. The third-order valence-corrected chi connectivity index (χ3v) is 3.45. The Morgan fingerprint density at radius 2 is 1.95 bits per heavy atom. The number of amides is 1. The summed E-state index contributed by atoms with van der Waals surface area (Å²) in [6, 6.07) is 12.7. The lowest BCUT2D eigenvalue weighted by molar-refractivity contribution is 0.102. The van der Waals surface area contributed by atoms with Crippen LogP contribution in [0.3, 0.4) is 0 Å². The minimum absolute atomic E-state index is 0.147. The lowest BCUT2D eigenvalue weighted by Crippen LogP contribution is -2.13. The van der Waals surface area contributed by atoms with Crippen molar-refractivity contribution in [1.82, 2.24) is 0 Å². The Balaban J connectivity index is 1.90. The third-order valence-electron chi connectivity index (χ3n) is 2.76. The molecule has 0 aromatic heterocycles. The van der Waals surface area contributed by atoms with E-state index in [1.165, 1.54) is 0 Å². The van der Waals surface area contributed by atoms with E-state index in [-0.39, 0.29) is 12.7 Å². The average Bonchev–Trinajstić information content (AvgIpc) is 2.89. The van der Waals surface area contributed by atoms with Gasteiger partial charge in [-0.1, -0.05) is 18.2 Å². The SMILES string of the molecule is O=C(Nc1ccccc1Br)c1cccc2c1OCO2. The lowest BCUT2D eigenvalue weighted by atomic mass is 10.1. The van der Waals surface area contributed by atoms with Crippen molar-refractivity contribution in [3.63, 3.8) is 0 Å². The van der Waals surface area contributed by atoms with Gasteiger partial charge in [-0.2, -0.15) is 0 Å². The van der Waals surface area contributed by atoms with Gasteiger partial charge in [-0.05, 0) is 40.2 Å². The second kappa shape index (κ2) is 4.93. The minimum atomic E-state index is -0.228. The number of nitrogens with one attached hydrogen (secondary N) is 1.